The Balaban J connectivity index is 3.75. The van der Waals surface area contributed by atoms with Gasteiger partial charge in [0.25, 0.3) is 0 Å². The predicted octanol–water partition coefficient (Wildman–Crippen LogP) is 1.13. The van der Waals surface area contributed by atoms with E-state index in [9.17, 15) is 4.21 Å². The standard InChI is InChI=1S/C13H29N3O2S/c1-6-18-10-7-8-15-12(14-5)16-9-11-19(17)13(2,3)4/h6-11H2,1-5H3,(H2,14,15,16). The van der Waals surface area contributed by atoms with Crippen molar-refractivity contribution in [1.82, 2.24) is 10.6 Å². The molecule has 0 amide bonds. The molecule has 5 nitrogen and oxygen atoms in total. The number of hydrogen-bond donors (Lipinski definition) is 2. The van der Waals surface area contributed by atoms with Gasteiger partial charge in [-0.15, -0.1) is 0 Å². The van der Waals surface area contributed by atoms with Crippen molar-refractivity contribution in [1.29, 1.82) is 0 Å². The summed E-state index contributed by atoms with van der Waals surface area (Å²) in [7, 11) is 0.904. The highest BCUT2D eigenvalue weighted by Crippen LogP contribution is 2.10. The van der Waals surface area contributed by atoms with Crippen LogP contribution in [-0.4, -0.2) is 54.0 Å². The van der Waals surface area contributed by atoms with Gasteiger partial charge in [-0.3, -0.25) is 9.20 Å². The first-order valence-corrected chi connectivity index (χ1v) is 8.14. The predicted molar refractivity (Wildman–Crippen MR) is 83.2 cm³/mol. The fraction of sp³-hybridized carbons (Fsp3) is 0.923. The summed E-state index contributed by atoms with van der Waals surface area (Å²) < 4.78 is 17.0. The lowest BCUT2D eigenvalue weighted by Crippen LogP contribution is -2.40. The zero-order chi connectivity index (χ0) is 14.7. The second kappa shape index (κ2) is 10.2. The van der Waals surface area contributed by atoms with Gasteiger partial charge in [-0.2, -0.15) is 0 Å². The summed E-state index contributed by atoms with van der Waals surface area (Å²) in [5.41, 5.74) is 0. The Kier molecular flexibility index (Phi) is 9.87. The topological polar surface area (TPSA) is 62.7 Å². The highest BCUT2D eigenvalue weighted by molar-refractivity contribution is 7.86. The molecule has 0 radical (unpaired) electrons. The summed E-state index contributed by atoms with van der Waals surface area (Å²) in [6, 6.07) is 0. The smallest absolute Gasteiger partial charge is 0.191 e. The normalized spacial score (nSPS) is 14.3. The zero-order valence-corrected chi connectivity index (χ0v) is 13.7. The maximum atomic E-state index is 11.9. The van der Waals surface area contributed by atoms with Crippen molar-refractivity contribution in [3.63, 3.8) is 0 Å². The molecule has 19 heavy (non-hydrogen) atoms. The molecule has 0 aliphatic rings. The molecule has 0 fully saturated rings. The van der Waals surface area contributed by atoms with Gasteiger partial charge in [-0.1, -0.05) is 0 Å². The van der Waals surface area contributed by atoms with E-state index < -0.39 is 10.8 Å². The minimum Gasteiger partial charge on any atom is -0.382 e. The van der Waals surface area contributed by atoms with Crippen molar-refractivity contribution in [2.75, 3.05) is 39.1 Å². The lowest BCUT2D eigenvalue weighted by molar-refractivity contribution is 0.145. The zero-order valence-electron chi connectivity index (χ0n) is 12.9. The van der Waals surface area contributed by atoms with Gasteiger partial charge < -0.3 is 15.4 Å². The van der Waals surface area contributed by atoms with E-state index >= 15 is 0 Å². The van der Waals surface area contributed by atoms with E-state index in [2.05, 4.69) is 15.6 Å². The molecule has 0 bridgehead atoms. The van der Waals surface area contributed by atoms with E-state index in [0.717, 1.165) is 32.1 Å². The molecule has 0 saturated carbocycles. The molecule has 0 rings (SSSR count). The van der Waals surface area contributed by atoms with Crippen LogP contribution in [0, 0.1) is 0 Å². The van der Waals surface area contributed by atoms with E-state index in [4.69, 9.17) is 4.74 Å². The second-order valence-corrected chi connectivity index (χ2v) is 7.46. The fourth-order valence-electron chi connectivity index (χ4n) is 1.31. The molecule has 0 spiro atoms. The van der Waals surface area contributed by atoms with Crippen molar-refractivity contribution in [3.8, 4) is 0 Å². The van der Waals surface area contributed by atoms with Gasteiger partial charge in [-0.25, -0.2) is 0 Å². The summed E-state index contributed by atoms with van der Waals surface area (Å²) in [5.74, 6) is 1.38. The summed E-state index contributed by atoms with van der Waals surface area (Å²) in [6.45, 7) is 11.0. The molecule has 1 unspecified atom stereocenters. The summed E-state index contributed by atoms with van der Waals surface area (Å²) in [4.78, 5) is 4.12. The number of nitrogens with zero attached hydrogens (tertiary/aromatic N) is 1. The highest BCUT2D eigenvalue weighted by Gasteiger charge is 2.18. The Morgan fingerprint density at radius 2 is 1.89 bits per heavy atom. The third kappa shape index (κ3) is 9.90. The molecule has 2 N–H and O–H groups in total. The van der Waals surface area contributed by atoms with Crippen LogP contribution in [0.1, 0.15) is 34.1 Å². The highest BCUT2D eigenvalue weighted by atomic mass is 32.2. The monoisotopic (exact) mass is 291 g/mol. The van der Waals surface area contributed by atoms with Crippen molar-refractivity contribution in [2.24, 2.45) is 4.99 Å². The molecule has 114 valence electrons. The summed E-state index contributed by atoms with van der Waals surface area (Å²) >= 11 is 0. The maximum absolute atomic E-state index is 11.9. The molecule has 0 aromatic carbocycles. The van der Waals surface area contributed by atoms with Crippen molar-refractivity contribution in [2.45, 2.75) is 38.9 Å². The van der Waals surface area contributed by atoms with Gasteiger partial charge in [0.1, 0.15) is 0 Å². The summed E-state index contributed by atoms with van der Waals surface area (Å²) in [6.07, 6.45) is 0.947. The number of hydrogen-bond acceptors (Lipinski definition) is 3. The van der Waals surface area contributed by atoms with Gasteiger partial charge in [0.15, 0.2) is 5.96 Å². The van der Waals surface area contributed by atoms with E-state index in [1.54, 1.807) is 7.05 Å². The van der Waals surface area contributed by atoms with Crippen molar-refractivity contribution in [3.05, 3.63) is 0 Å². The van der Waals surface area contributed by atoms with Gasteiger partial charge in [0.2, 0.25) is 0 Å². The van der Waals surface area contributed by atoms with Gasteiger partial charge >= 0.3 is 0 Å². The van der Waals surface area contributed by atoms with Gasteiger partial charge in [0.05, 0.1) is 0 Å². The van der Waals surface area contributed by atoms with Crippen LogP contribution in [0.15, 0.2) is 4.99 Å². The fourth-order valence-corrected chi connectivity index (χ4v) is 2.21. The Hall–Kier alpha value is -0.620. The number of rotatable bonds is 8. The SMILES string of the molecule is CCOCCCNC(=NC)NCCS(=O)C(C)(C)C. The van der Waals surface area contributed by atoms with E-state index in [-0.39, 0.29) is 4.75 Å². The average molecular weight is 291 g/mol. The minimum absolute atomic E-state index is 0.157. The number of nitrogens with one attached hydrogen (secondary N) is 2. The summed E-state index contributed by atoms with van der Waals surface area (Å²) in [5, 5.41) is 6.37. The molecule has 0 aromatic heterocycles. The lowest BCUT2D eigenvalue weighted by Gasteiger charge is -2.18. The molecule has 0 aliphatic heterocycles. The quantitative estimate of drug-likeness (QED) is 0.400. The molecular formula is C13H29N3O2S. The number of ether oxygens (including phenoxy) is 1. The van der Waals surface area contributed by atoms with Crippen LogP contribution in [-0.2, 0) is 15.5 Å². The van der Waals surface area contributed by atoms with E-state index in [1.807, 2.05) is 27.7 Å². The molecule has 0 heterocycles. The molecule has 0 saturated heterocycles. The van der Waals surface area contributed by atoms with Crippen LogP contribution in [0.3, 0.4) is 0 Å². The maximum Gasteiger partial charge on any atom is 0.191 e. The average Bonchev–Trinajstić information content (AvgIpc) is 2.35. The first-order chi connectivity index (χ1) is 8.91. The van der Waals surface area contributed by atoms with Crippen molar-refractivity contribution < 1.29 is 8.95 Å². The number of aliphatic imine (C=N–C) groups is 1. The van der Waals surface area contributed by atoms with Crippen LogP contribution >= 0.6 is 0 Å². The lowest BCUT2D eigenvalue weighted by atomic mass is 10.3. The second-order valence-electron chi connectivity index (χ2n) is 5.14. The van der Waals surface area contributed by atoms with Crippen LogP contribution < -0.4 is 10.6 Å². The molecule has 1 atom stereocenters. The van der Waals surface area contributed by atoms with E-state index in [1.165, 1.54) is 0 Å². The Morgan fingerprint density at radius 1 is 1.26 bits per heavy atom. The van der Waals surface area contributed by atoms with Crippen LogP contribution in [0.5, 0.6) is 0 Å². The Labute approximate surface area is 120 Å². The third-order valence-electron chi connectivity index (χ3n) is 2.45. The minimum atomic E-state index is -0.831. The Bertz CT molecular complexity index is 288. The number of guanidine groups is 1. The van der Waals surface area contributed by atoms with Crippen LogP contribution in [0.25, 0.3) is 0 Å². The van der Waals surface area contributed by atoms with Crippen LogP contribution in [0.4, 0.5) is 0 Å². The van der Waals surface area contributed by atoms with Gasteiger partial charge in [-0.05, 0) is 34.1 Å². The third-order valence-corrected chi connectivity index (χ3v) is 4.39. The molecule has 0 aromatic rings. The first-order valence-electron chi connectivity index (χ1n) is 6.82. The van der Waals surface area contributed by atoms with Crippen LogP contribution in [0.2, 0.25) is 0 Å². The Morgan fingerprint density at radius 3 is 2.42 bits per heavy atom. The first kappa shape index (κ1) is 18.4. The van der Waals surface area contributed by atoms with Gasteiger partial charge in [0, 0.05) is 54.7 Å². The molecule has 0 aliphatic carbocycles. The van der Waals surface area contributed by atoms with E-state index in [0.29, 0.717) is 12.3 Å². The molecule has 6 heteroatoms. The van der Waals surface area contributed by atoms with Crippen molar-refractivity contribution >= 4 is 16.8 Å². The largest absolute Gasteiger partial charge is 0.382 e. The molecular weight excluding hydrogens is 262 g/mol.